The van der Waals surface area contributed by atoms with Crippen molar-refractivity contribution >= 4 is 21.6 Å². The average Bonchev–Trinajstić information content (AvgIpc) is 2.39. The standard InChI is InChI=1S/C14H14N2O3S/c1-10-7-8-12(9-13(10)14(15)17)20(18,19)16-11-5-3-2-4-6-11/h2-9,16H,1H3,(H2,15,17). The van der Waals surface area contributed by atoms with Crippen LogP contribution in [-0.2, 0) is 10.0 Å². The highest BCUT2D eigenvalue weighted by Gasteiger charge is 2.17. The Morgan fingerprint density at radius 1 is 1.10 bits per heavy atom. The van der Waals surface area contributed by atoms with Gasteiger partial charge >= 0.3 is 0 Å². The Morgan fingerprint density at radius 2 is 1.75 bits per heavy atom. The molecule has 2 rings (SSSR count). The first-order valence-corrected chi connectivity index (χ1v) is 7.37. The maximum atomic E-state index is 12.2. The van der Waals surface area contributed by atoms with Crippen molar-refractivity contribution in [1.82, 2.24) is 0 Å². The third-order valence-corrected chi connectivity index (χ3v) is 4.19. The molecule has 2 aromatic rings. The van der Waals surface area contributed by atoms with E-state index in [0.717, 1.165) is 0 Å². The van der Waals surface area contributed by atoms with E-state index < -0.39 is 15.9 Å². The van der Waals surface area contributed by atoms with Gasteiger partial charge in [0.05, 0.1) is 4.90 Å². The van der Waals surface area contributed by atoms with E-state index in [0.29, 0.717) is 11.3 Å². The van der Waals surface area contributed by atoms with Crippen molar-refractivity contribution in [3.8, 4) is 0 Å². The molecule has 104 valence electrons. The molecular formula is C14H14N2O3S. The molecule has 0 bridgehead atoms. The maximum absolute atomic E-state index is 12.2. The van der Waals surface area contributed by atoms with Gasteiger partial charge in [-0.3, -0.25) is 9.52 Å². The quantitative estimate of drug-likeness (QED) is 0.901. The summed E-state index contributed by atoms with van der Waals surface area (Å²) in [4.78, 5) is 11.3. The van der Waals surface area contributed by atoms with Crippen molar-refractivity contribution in [3.63, 3.8) is 0 Å². The number of anilines is 1. The fraction of sp³-hybridized carbons (Fsp3) is 0.0714. The Kier molecular flexibility index (Phi) is 3.76. The summed E-state index contributed by atoms with van der Waals surface area (Å²) in [5.74, 6) is -0.653. The zero-order valence-electron chi connectivity index (χ0n) is 10.8. The summed E-state index contributed by atoms with van der Waals surface area (Å²) in [5, 5.41) is 0. The first-order chi connectivity index (χ1) is 9.40. The van der Waals surface area contributed by atoms with Crippen LogP contribution in [0.2, 0.25) is 0 Å². The SMILES string of the molecule is Cc1ccc(S(=O)(=O)Nc2ccccc2)cc1C(N)=O. The van der Waals surface area contributed by atoms with Crippen LogP contribution in [-0.4, -0.2) is 14.3 Å². The number of rotatable bonds is 4. The van der Waals surface area contributed by atoms with Crippen molar-refractivity contribution in [2.75, 3.05) is 4.72 Å². The van der Waals surface area contributed by atoms with Gasteiger partial charge in [0.1, 0.15) is 0 Å². The summed E-state index contributed by atoms with van der Waals surface area (Å²) < 4.78 is 26.9. The molecule has 6 heteroatoms. The average molecular weight is 290 g/mol. The van der Waals surface area contributed by atoms with Crippen LogP contribution in [0.1, 0.15) is 15.9 Å². The molecule has 0 saturated carbocycles. The number of carbonyl (C=O) groups is 1. The number of nitrogens with one attached hydrogen (secondary N) is 1. The van der Waals surface area contributed by atoms with Crippen LogP contribution in [0.3, 0.4) is 0 Å². The second-order valence-electron chi connectivity index (χ2n) is 4.31. The largest absolute Gasteiger partial charge is 0.366 e. The highest BCUT2D eigenvalue weighted by Crippen LogP contribution is 2.18. The van der Waals surface area contributed by atoms with E-state index in [-0.39, 0.29) is 10.5 Å². The third kappa shape index (κ3) is 2.97. The molecule has 5 nitrogen and oxygen atoms in total. The van der Waals surface area contributed by atoms with Crippen molar-refractivity contribution < 1.29 is 13.2 Å². The highest BCUT2D eigenvalue weighted by molar-refractivity contribution is 7.92. The van der Waals surface area contributed by atoms with Crippen LogP contribution >= 0.6 is 0 Å². The van der Waals surface area contributed by atoms with Crippen molar-refractivity contribution in [1.29, 1.82) is 0 Å². The molecule has 0 aliphatic carbocycles. The van der Waals surface area contributed by atoms with Gasteiger partial charge in [-0.2, -0.15) is 0 Å². The van der Waals surface area contributed by atoms with E-state index in [4.69, 9.17) is 5.73 Å². The molecular weight excluding hydrogens is 276 g/mol. The Hall–Kier alpha value is -2.34. The topological polar surface area (TPSA) is 89.3 Å². The Labute approximate surface area is 117 Å². The minimum absolute atomic E-state index is 0.000697. The lowest BCUT2D eigenvalue weighted by molar-refractivity contribution is 0.0999. The smallest absolute Gasteiger partial charge is 0.261 e. The number of carbonyl (C=O) groups excluding carboxylic acids is 1. The van der Waals surface area contributed by atoms with Gasteiger partial charge in [0.2, 0.25) is 5.91 Å². The molecule has 0 atom stereocenters. The fourth-order valence-electron chi connectivity index (χ4n) is 1.75. The van der Waals surface area contributed by atoms with Gasteiger partial charge in [0.15, 0.2) is 0 Å². The molecule has 0 fully saturated rings. The van der Waals surface area contributed by atoms with Gasteiger partial charge in [-0.05, 0) is 36.8 Å². The number of primary amides is 1. The lowest BCUT2D eigenvalue weighted by Crippen LogP contribution is -2.16. The minimum atomic E-state index is -3.74. The van der Waals surface area contributed by atoms with Gasteiger partial charge in [-0.15, -0.1) is 0 Å². The summed E-state index contributed by atoms with van der Waals surface area (Å²) in [6.45, 7) is 1.70. The van der Waals surface area contributed by atoms with Crippen molar-refractivity contribution in [3.05, 3.63) is 59.7 Å². The third-order valence-electron chi connectivity index (χ3n) is 2.81. The van der Waals surface area contributed by atoms with E-state index in [1.807, 2.05) is 0 Å². The summed E-state index contributed by atoms with van der Waals surface area (Å²) in [7, 11) is -3.74. The molecule has 20 heavy (non-hydrogen) atoms. The van der Waals surface area contributed by atoms with Crippen molar-refractivity contribution in [2.45, 2.75) is 11.8 Å². The van der Waals surface area contributed by atoms with Gasteiger partial charge < -0.3 is 5.73 Å². The molecule has 0 saturated heterocycles. The molecule has 2 aromatic carbocycles. The zero-order valence-corrected chi connectivity index (χ0v) is 11.6. The van der Waals surface area contributed by atoms with Gasteiger partial charge in [0, 0.05) is 11.3 Å². The molecule has 0 aliphatic heterocycles. The monoisotopic (exact) mass is 290 g/mol. The van der Waals surface area contributed by atoms with Gasteiger partial charge in [-0.25, -0.2) is 8.42 Å². The normalized spacial score (nSPS) is 11.1. The molecule has 0 heterocycles. The van der Waals surface area contributed by atoms with Crippen LogP contribution in [0.25, 0.3) is 0 Å². The number of aryl methyl sites for hydroxylation is 1. The fourth-order valence-corrected chi connectivity index (χ4v) is 2.84. The summed E-state index contributed by atoms with van der Waals surface area (Å²) in [5.41, 5.74) is 6.51. The van der Waals surface area contributed by atoms with E-state index in [2.05, 4.69) is 4.72 Å². The number of amides is 1. The Morgan fingerprint density at radius 3 is 2.35 bits per heavy atom. The number of nitrogens with two attached hydrogens (primary N) is 1. The summed E-state index contributed by atoms with van der Waals surface area (Å²) >= 11 is 0. The van der Waals surface area contributed by atoms with Crippen LogP contribution in [0.15, 0.2) is 53.4 Å². The highest BCUT2D eigenvalue weighted by atomic mass is 32.2. The maximum Gasteiger partial charge on any atom is 0.261 e. The lowest BCUT2D eigenvalue weighted by Gasteiger charge is -2.10. The van der Waals surface area contributed by atoms with Crippen LogP contribution in [0.5, 0.6) is 0 Å². The van der Waals surface area contributed by atoms with Crippen LogP contribution < -0.4 is 10.5 Å². The first-order valence-electron chi connectivity index (χ1n) is 5.88. The van der Waals surface area contributed by atoms with Gasteiger partial charge in [-0.1, -0.05) is 24.3 Å². The lowest BCUT2D eigenvalue weighted by atomic mass is 10.1. The Bertz CT molecular complexity index is 740. The molecule has 0 aliphatic rings. The summed E-state index contributed by atoms with van der Waals surface area (Å²) in [6, 6.07) is 12.8. The molecule has 0 unspecified atom stereocenters. The van der Waals surface area contributed by atoms with Gasteiger partial charge in [0.25, 0.3) is 10.0 Å². The number of hydrogen-bond acceptors (Lipinski definition) is 3. The number of hydrogen-bond donors (Lipinski definition) is 2. The van der Waals surface area contributed by atoms with Crippen LogP contribution in [0.4, 0.5) is 5.69 Å². The predicted molar refractivity (Wildman–Crippen MR) is 76.9 cm³/mol. The number of para-hydroxylation sites is 1. The first kappa shape index (κ1) is 14.1. The Balaban J connectivity index is 2.40. The second kappa shape index (κ2) is 5.34. The molecule has 0 spiro atoms. The molecule has 1 amide bonds. The second-order valence-corrected chi connectivity index (χ2v) is 5.99. The van der Waals surface area contributed by atoms with E-state index in [1.54, 1.807) is 43.3 Å². The van der Waals surface area contributed by atoms with E-state index in [1.165, 1.54) is 12.1 Å². The molecule has 3 N–H and O–H groups in total. The molecule has 0 radical (unpaired) electrons. The summed E-state index contributed by atoms with van der Waals surface area (Å²) in [6.07, 6.45) is 0. The minimum Gasteiger partial charge on any atom is -0.366 e. The van der Waals surface area contributed by atoms with Crippen molar-refractivity contribution in [2.24, 2.45) is 5.73 Å². The zero-order chi connectivity index (χ0) is 14.8. The van der Waals surface area contributed by atoms with E-state index in [9.17, 15) is 13.2 Å². The predicted octanol–water partition coefficient (Wildman–Crippen LogP) is 1.89. The number of sulfonamides is 1. The molecule has 0 aromatic heterocycles. The number of benzene rings is 2. The van der Waals surface area contributed by atoms with Crippen LogP contribution in [0, 0.1) is 6.92 Å². The van der Waals surface area contributed by atoms with E-state index >= 15 is 0 Å².